The highest BCUT2D eigenvalue weighted by Crippen LogP contribution is 2.23. The fraction of sp³-hybridized carbons (Fsp3) is 0.571. The van der Waals surface area contributed by atoms with Crippen LogP contribution < -0.4 is 0 Å². The number of nitrogens with zero attached hydrogens (tertiary/aromatic N) is 1. The van der Waals surface area contributed by atoms with E-state index in [0.717, 1.165) is 19.4 Å². The molecule has 16 heavy (non-hydrogen) atoms. The minimum atomic E-state index is 0.329. The van der Waals surface area contributed by atoms with Gasteiger partial charge in [0.15, 0.2) is 0 Å². The summed E-state index contributed by atoms with van der Waals surface area (Å²) in [6.07, 6.45) is 4.69. The van der Waals surface area contributed by atoms with Crippen molar-refractivity contribution in [3.63, 3.8) is 0 Å². The Bertz CT molecular complexity index is 299. The van der Waals surface area contributed by atoms with Gasteiger partial charge >= 0.3 is 0 Å². The third kappa shape index (κ3) is 3.06. The molecule has 2 nitrogen and oxygen atoms in total. The third-order valence-corrected chi connectivity index (χ3v) is 3.42. The molecule has 1 N–H and O–H groups in total. The Morgan fingerprint density at radius 2 is 2.06 bits per heavy atom. The first-order valence-corrected chi connectivity index (χ1v) is 6.29. The quantitative estimate of drug-likeness (QED) is 0.822. The lowest BCUT2D eigenvalue weighted by Crippen LogP contribution is -2.29. The zero-order valence-corrected chi connectivity index (χ0v) is 9.81. The number of benzene rings is 1. The summed E-state index contributed by atoms with van der Waals surface area (Å²) in [7, 11) is 0. The highest BCUT2D eigenvalue weighted by atomic mass is 16.2. The second-order valence-corrected chi connectivity index (χ2v) is 4.62. The van der Waals surface area contributed by atoms with Crippen LogP contribution in [0.15, 0.2) is 30.3 Å². The average Bonchev–Trinajstić information content (AvgIpc) is 2.75. The first-order chi connectivity index (χ1) is 7.90. The number of hydrogen-bond donors (Lipinski definition) is 1. The van der Waals surface area contributed by atoms with E-state index in [4.69, 9.17) is 5.11 Å². The number of aliphatic hydroxyl groups is 1. The molecular formula is C14H21NO. The Balaban J connectivity index is 1.88. The molecule has 1 aliphatic heterocycles. The van der Waals surface area contributed by atoms with Crippen molar-refractivity contribution >= 4 is 0 Å². The molecule has 2 heteroatoms. The molecule has 1 saturated heterocycles. The minimum absolute atomic E-state index is 0.329. The molecule has 0 aromatic heterocycles. The van der Waals surface area contributed by atoms with Gasteiger partial charge in [0.25, 0.3) is 0 Å². The van der Waals surface area contributed by atoms with Crippen molar-refractivity contribution < 1.29 is 5.11 Å². The summed E-state index contributed by atoms with van der Waals surface area (Å²) in [6.45, 7) is 2.61. The van der Waals surface area contributed by atoms with Crippen LogP contribution in [-0.4, -0.2) is 29.2 Å². The number of hydrogen-bond acceptors (Lipinski definition) is 2. The maximum atomic E-state index is 8.88. The topological polar surface area (TPSA) is 23.5 Å². The molecule has 0 radical (unpaired) electrons. The van der Waals surface area contributed by atoms with Crippen LogP contribution in [0.2, 0.25) is 0 Å². The van der Waals surface area contributed by atoms with Crippen LogP contribution >= 0.6 is 0 Å². The second-order valence-electron chi connectivity index (χ2n) is 4.62. The van der Waals surface area contributed by atoms with E-state index in [1.807, 2.05) is 0 Å². The number of aliphatic hydroxyl groups excluding tert-OH is 1. The largest absolute Gasteiger partial charge is 0.396 e. The van der Waals surface area contributed by atoms with E-state index in [9.17, 15) is 0 Å². The van der Waals surface area contributed by atoms with Gasteiger partial charge < -0.3 is 5.11 Å². The lowest BCUT2D eigenvalue weighted by Gasteiger charge is -2.24. The van der Waals surface area contributed by atoms with Crippen molar-refractivity contribution in [2.75, 3.05) is 13.2 Å². The average molecular weight is 219 g/mol. The lowest BCUT2D eigenvalue weighted by atomic mass is 10.1. The molecule has 0 aliphatic carbocycles. The van der Waals surface area contributed by atoms with E-state index < -0.39 is 0 Å². The van der Waals surface area contributed by atoms with Crippen LogP contribution in [0.3, 0.4) is 0 Å². The standard InChI is InChI=1S/C14H21NO/c16-11-5-9-14-8-4-10-15(14)12-13-6-2-1-3-7-13/h1-3,6-7,14,16H,4-5,8-12H2. The summed E-state index contributed by atoms with van der Waals surface area (Å²) >= 11 is 0. The monoisotopic (exact) mass is 219 g/mol. The molecule has 1 unspecified atom stereocenters. The maximum absolute atomic E-state index is 8.88. The molecule has 1 aromatic rings. The minimum Gasteiger partial charge on any atom is -0.396 e. The van der Waals surface area contributed by atoms with Crippen LogP contribution in [0.5, 0.6) is 0 Å². The Morgan fingerprint density at radius 3 is 2.81 bits per heavy atom. The van der Waals surface area contributed by atoms with Crippen molar-refractivity contribution in [1.29, 1.82) is 0 Å². The van der Waals surface area contributed by atoms with Gasteiger partial charge in [0.05, 0.1) is 0 Å². The van der Waals surface area contributed by atoms with Gasteiger partial charge in [-0.25, -0.2) is 0 Å². The third-order valence-electron chi connectivity index (χ3n) is 3.42. The fourth-order valence-electron chi connectivity index (χ4n) is 2.58. The molecule has 1 heterocycles. The van der Waals surface area contributed by atoms with E-state index in [-0.39, 0.29) is 0 Å². The molecule has 0 saturated carbocycles. The normalized spacial score (nSPS) is 21.4. The molecule has 1 aromatic carbocycles. The summed E-state index contributed by atoms with van der Waals surface area (Å²) in [4.78, 5) is 2.56. The van der Waals surface area contributed by atoms with E-state index in [0.29, 0.717) is 12.6 Å². The highest BCUT2D eigenvalue weighted by Gasteiger charge is 2.23. The summed E-state index contributed by atoms with van der Waals surface area (Å²) in [5.41, 5.74) is 1.40. The van der Waals surface area contributed by atoms with Crippen molar-refractivity contribution in [2.24, 2.45) is 0 Å². The zero-order chi connectivity index (χ0) is 11.2. The smallest absolute Gasteiger partial charge is 0.0431 e. The molecule has 1 aliphatic rings. The van der Waals surface area contributed by atoms with Gasteiger partial charge in [-0.1, -0.05) is 30.3 Å². The Labute approximate surface area is 97.9 Å². The summed E-state index contributed by atoms with van der Waals surface area (Å²) in [5, 5.41) is 8.88. The van der Waals surface area contributed by atoms with Crippen molar-refractivity contribution in [1.82, 2.24) is 4.90 Å². The molecular weight excluding hydrogens is 198 g/mol. The summed E-state index contributed by atoms with van der Waals surface area (Å²) in [6, 6.07) is 11.4. The van der Waals surface area contributed by atoms with Gasteiger partial charge in [-0.3, -0.25) is 4.90 Å². The molecule has 1 fully saturated rings. The molecule has 88 valence electrons. The Kier molecular flexibility index (Phi) is 4.37. The van der Waals surface area contributed by atoms with Gasteiger partial charge in [-0.2, -0.15) is 0 Å². The molecule has 2 rings (SSSR count). The number of likely N-dealkylation sites (tertiary alicyclic amines) is 1. The predicted molar refractivity (Wildman–Crippen MR) is 66.2 cm³/mol. The van der Waals surface area contributed by atoms with E-state index in [1.165, 1.54) is 24.9 Å². The van der Waals surface area contributed by atoms with Crippen LogP contribution in [0, 0.1) is 0 Å². The van der Waals surface area contributed by atoms with Crippen LogP contribution in [0.1, 0.15) is 31.2 Å². The maximum Gasteiger partial charge on any atom is 0.0431 e. The van der Waals surface area contributed by atoms with Crippen LogP contribution in [-0.2, 0) is 6.54 Å². The molecule has 1 atom stereocenters. The second kappa shape index (κ2) is 6.02. The Morgan fingerprint density at radius 1 is 1.25 bits per heavy atom. The fourth-order valence-corrected chi connectivity index (χ4v) is 2.58. The van der Waals surface area contributed by atoms with Crippen LogP contribution in [0.25, 0.3) is 0 Å². The number of rotatable bonds is 5. The molecule has 0 spiro atoms. The lowest BCUT2D eigenvalue weighted by molar-refractivity contribution is 0.210. The summed E-state index contributed by atoms with van der Waals surface area (Å²) in [5.74, 6) is 0. The van der Waals surface area contributed by atoms with Crippen molar-refractivity contribution in [3.05, 3.63) is 35.9 Å². The Hall–Kier alpha value is -0.860. The van der Waals surface area contributed by atoms with Crippen molar-refractivity contribution in [2.45, 2.75) is 38.3 Å². The first-order valence-electron chi connectivity index (χ1n) is 6.29. The highest BCUT2D eigenvalue weighted by molar-refractivity contribution is 5.14. The van der Waals surface area contributed by atoms with Gasteiger partial charge in [-0.05, 0) is 37.8 Å². The van der Waals surface area contributed by atoms with E-state index in [2.05, 4.69) is 35.2 Å². The zero-order valence-electron chi connectivity index (χ0n) is 9.81. The molecule has 0 bridgehead atoms. The van der Waals surface area contributed by atoms with E-state index in [1.54, 1.807) is 0 Å². The summed E-state index contributed by atoms with van der Waals surface area (Å²) < 4.78 is 0. The van der Waals surface area contributed by atoms with Gasteiger partial charge in [0, 0.05) is 19.2 Å². The van der Waals surface area contributed by atoms with Crippen molar-refractivity contribution in [3.8, 4) is 0 Å². The van der Waals surface area contributed by atoms with Crippen LogP contribution in [0.4, 0.5) is 0 Å². The van der Waals surface area contributed by atoms with Gasteiger partial charge in [-0.15, -0.1) is 0 Å². The SMILES string of the molecule is OCCCC1CCCN1Cc1ccccc1. The van der Waals surface area contributed by atoms with Gasteiger partial charge in [0.1, 0.15) is 0 Å². The molecule has 0 amide bonds. The first kappa shape index (κ1) is 11.6. The predicted octanol–water partition coefficient (Wildman–Crippen LogP) is 2.42. The van der Waals surface area contributed by atoms with Gasteiger partial charge in [0.2, 0.25) is 0 Å². The van der Waals surface area contributed by atoms with E-state index >= 15 is 0 Å².